The van der Waals surface area contributed by atoms with Crippen LogP contribution in [0, 0.1) is 0 Å². The van der Waals surface area contributed by atoms with Crippen molar-refractivity contribution in [1.29, 1.82) is 0 Å². The van der Waals surface area contributed by atoms with Gasteiger partial charge in [-0.15, -0.1) is 22.7 Å². The maximum atomic E-state index is 5.12. The molecular formula is C34H19NS2. The van der Waals surface area contributed by atoms with E-state index in [1.54, 1.807) is 11.3 Å². The van der Waals surface area contributed by atoms with Crippen molar-refractivity contribution in [3.63, 3.8) is 0 Å². The van der Waals surface area contributed by atoms with Gasteiger partial charge >= 0.3 is 0 Å². The van der Waals surface area contributed by atoms with Crippen LogP contribution in [0.3, 0.4) is 0 Å². The average Bonchev–Trinajstić information content (AvgIpc) is 3.69. The molecule has 0 aliphatic heterocycles. The maximum Gasteiger partial charge on any atom is 0.125 e. The molecule has 172 valence electrons. The standard InChI is InChI=1S/C34H19NS2/c1-4-14-24-20(10-1)21-11-2-5-15-25(21)34(24)26-16-9-13-23(33-35-27-17-6-8-19-29(27)37-33)30(26)31-22-12-3-7-18-28(22)36-32(31)34/h1-19H. The number of nitrogens with zero attached hydrogens (tertiary/aromatic N) is 1. The topological polar surface area (TPSA) is 12.9 Å². The zero-order valence-electron chi connectivity index (χ0n) is 19.7. The molecule has 7 aromatic rings. The van der Waals surface area contributed by atoms with Crippen LogP contribution in [-0.4, -0.2) is 4.98 Å². The van der Waals surface area contributed by atoms with E-state index in [0.717, 1.165) is 10.5 Å². The normalized spacial score (nSPS) is 14.2. The largest absolute Gasteiger partial charge is 0.236 e. The molecule has 9 rings (SSSR count). The minimum Gasteiger partial charge on any atom is -0.236 e. The first-order chi connectivity index (χ1) is 18.4. The van der Waals surface area contributed by atoms with E-state index in [4.69, 9.17) is 4.98 Å². The van der Waals surface area contributed by atoms with Crippen molar-refractivity contribution in [2.24, 2.45) is 0 Å². The number of benzene rings is 5. The van der Waals surface area contributed by atoms with E-state index in [9.17, 15) is 0 Å². The lowest BCUT2D eigenvalue weighted by Gasteiger charge is -2.29. The quantitative estimate of drug-likeness (QED) is 0.216. The van der Waals surface area contributed by atoms with Gasteiger partial charge in [-0.1, -0.05) is 97.1 Å². The molecule has 0 saturated carbocycles. The number of thiophene rings is 1. The van der Waals surface area contributed by atoms with Crippen LogP contribution in [0.15, 0.2) is 115 Å². The molecular weight excluding hydrogens is 487 g/mol. The fraction of sp³-hybridized carbons (Fsp3) is 0.0294. The van der Waals surface area contributed by atoms with E-state index >= 15 is 0 Å². The highest BCUT2D eigenvalue weighted by Crippen LogP contribution is 2.67. The Morgan fingerprint density at radius 2 is 1.11 bits per heavy atom. The lowest BCUT2D eigenvalue weighted by molar-refractivity contribution is 0.812. The summed E-state index contributed by atoms with van der Waals surface area (Å²) < 4.78 is 2.58. The number of fused-ring (bicyclic) bond motifs is 13. The van der Waals surface area contributed by atoms with Gasteiger partial charge in [0.05, 0.1) is 15.6 Å². The summed E-state index contributed by atoms with van der Waals surface area (Å²) in [6, 6.07) is 42.3. The van der Waals surface area contributed by atoms with Gasteiger partial charge in [0.2, 0.25) is 0 Å². The van der Waals surface area contributed by atoms with Gasteiger partial charge in [-0.3, -0.25) is 0 Å². The van der Waals surface area contributed by atoms with Crippen LogP contribution < -0.4 is 0 Å². The molecule has 0 unspecified atom stereocenters. The minimum absolute atomic E-state index is 0.311. The molecule has 1 spiro atoms. The molecule has 0 N–H and O–H groups in total. The highest BCUT2D eigenvalue weighted by molar-refractivity contribution is 7.22. The summed E-state index contributed by atoms with van der Waals surface area (Å²) in [7, 11) is 0. The summed E-state index contributed by atoms with van der Waals surface area (Å²) >= 11 is 3.75. The van der Waals surface area contributed by atoms with Crippen molar-refractivity contribution in [3.05, 3.63) is 137 Å². The fourth-order valence-corrected chi connectivity index (χ4v) is 9.19. The molecule has 0 bridgehead atoms. The Kier molecular flexibility index (Phi) is 3.81. The summed E-state index contributed by atoms with van der Waals surface area (Å²) in [4.78, 5) is 6.56. The first-order valence-corrected chi connectivity index (χ1v) is 14.2. The third-order valence-corrected chi connectivity index (χ3v) is 10.5. The molecule has 0 atom stereocenters. The van der Waals surface area contributed by atoms with Gasteiger partial charge in [0.15, 0.2) is 0 Å². The van der Waals surface area contributed by atoms with E-state index in [2.05, 4.69) is 115 Å². The van der Waals surface area contributed by atoms with E-state index in [-0.39, 0.29) is 5.41 Å². The lowest BCUT2D eigenvalue weighted by Crippen LogP contribution is -2.24. The Bertz CT molecular complexity index is 1980. The molecule has 2 heterocycles. The molecule has 1 nitrogen and oxygen atoms in total. The Labute approximate surface area is 222 Å². The molecule has 0 amide bonds. The second kappa shape index (κ2) is 7.04. The highest BCUT2D eigenvalue weighted by Gasteiger charge is 2.53. The molecule has 2 aromatic heterocycles. The Morgan fingerprint density at radius 3 is 1.89 bits per heavy atom. The van der Waals surface area contributed by atoms with E-state index in [1.165, 1.54) is 64.2 Å². The van der Waals surface area contributed by atoms with Gasteiger partial charge in [0, 0.05) is 26.1 Å². The van der Waals surface area contributed by atoms with E-state index in [1.807, 2.05) is 11.3 Å². The smallest absolute Gasteiger partial charge is 0.125 e. The molecule has 0 saturated heterocycles. The molecule has 3 heteroatoms. The van der Waals surface area contributed by atoms with Crippen molar-refractivity contribution in [2.45, 2.75) is 5.41 Å². The first kappa shape index (κ1) is 20.1. The van der Waals surface area contributed by atoms with Gasteiger partial charge in [-0.25, -0.2) is 4.98 Å². The Hall–Kier alpha value is -4.05. The van der Waals surface area contributed by atoms with Gasteiger partial charge in [-0.05, 0) is 51.6 Å². The second-order valence-electron chi connectivity index (χ2n) is 9.86. The van der Waals surface area contributed by atoms with Gasteiger partial charge < -0.3 is 0 Å². The van der Waals surface area contributed by atoms with Crippen molar-refractivity contribution < 1.29 is 0 Å². The van der Waals surface area contributed by atoms with Crippen LogP contribution in [0.4, 0.5) is 0 Å². The van der Waals surface area contributed by atoms with Gasteiger partial charge in [0.25, 0.3) is 0 Å². The fourth-order valence-electron chi connectivity index (χ4n) is 6.75. The third kappa shape index (κ3) is 2.37. The summed E-state index contributed by atoms with van der Waals surface area (Å²) in [6.07, 6.45) is 0. The molecule has 0 radical (unpaired) electrons. The number of aromatic nitrogens is 1. The highest BCUT2D eigenvalue weighted by atomic mass is 32.1. The van der Waals surface area contributed by atoms with Crippen LogP contribution in [0.25, 0.3) is 53.1 Å². The van der Waals surface area contributed by atoms with Crippen LogP contribution in [0.1, 0.15) is 21.6 Å². The number of rotatable bonds is 1. The van der Waals surface area contributed by atoms with Crippen molar-refractivity contribution in [2.75, 3.05) is 0 Å². The SMILES string of the molecule is c1ccc2c(c1)-c1ccccc1C21c2cccc(-c3nc4ccccc4s3)c2-c2c1sc1ccccc21. The second-order valence-corrected chi connectivity index (χ2v) is 11.9. The molecule has 37 heavy (non-hydrogen) atoms. The van der Waals surface area contributed by atoms with Crippen molar-refractivity contribution in [3.8, 4) is 32.8 Å². The monoisotopic (exact) mass is 505 g/mol. The predicted molar refractivity (Wildman–Crippen MR) is 157 cm³/mol. The summed E-state index contributed by atoms with van der Waals surface area (Å²) in [5.74, 6) is 0. The Balaban J connectivity index is 1.49. The zero-order valence-corrected chi connectivity index (χ0v) is 21.4. The minimum atomic E-state index is -0.311. The number of hydrogen-bond acceptors (Lipinski definition) is 3. The van der Waals surface area contributed by atoms with Crippen LogP contribution >= 0.6 is 22.7 Å². The maximum absolute atomic E-state index is 5.12. The van der Waals surface area contributed by atoms with E-state index in [0.29, 0.717) is 0 Å². The number of hydrogen-bond donors (Lipinski definition) is 0. The summed E-state index contributed by atoms with van der Waals surface area (Å²) in [5.41, 5.74) is 11.6. The molecule has 0 fully saturated rings. The van der Waals surface area contributed by atoms with Crippen molar-refractivity contribution >= 4 is 43.0 Å². The van der Waals surface area contributed by atoms with Crippen LogP contribution in [0.2, 0.25) is 0 Å². The van der Waals surface area contributed by atoms with Crippen LogP contribution in [0.5, 0.6) is 0 Å². The molecule has 5 aromatic carbocycles. The number of para-hydroxylation sites is 1. The van der Waals surface area contributed by atoms with Gasteiger partial charge in [-0.2, -0.15) is 0 Å². The molecule has 2 aliphatic carbocycles. The van der Waals surface area contributed by atoms with Crippen LogP contribution in [-0.2, 0) is 5.41 Å². The Morgan fingerprint density at radius 1 is 0.486 bits per heavy atom. The van der Waals surface area contributed by atoms with Gasteiger partial charge in [0.1, 0.15) is 5.01 Å². The summed E-state index contributed by atoms with van der Waals surface area (Å²) in [6.45, 7) is 0. The average molecular weight is 506 g/mol. The van der Waals surface area contributed by atoms with E-state index < -0.39 is 0 Å². The number of thiazole rings is 1. The van der Waals surface area contributed by atoms with Crippen molar-refractivity contribution in [1.82, 2.24) is 4.98 Å². The molecule has 2 aliphatic rings. The lowest BCUT2D eigenvalue weighted by atomic mass is 9.73. The first-order valence-electron chi connectivity index (χ1n) is 12.6. The zero-order chi connectivity index (χ0) is 24.1. The predicted octanol–water partition coefficient (Wildman–Crippen LogP) is 9.52. The summed E-state index contributed by atoms with van der Waals surface area (Å²) in [5, 5.41) is 2.44. The third-order valence-electron chi connectivity index (χ3n) is 8.13.